The van der Waals surface area contributed by atoms with E-state index in [2.05, 4.69) is 15.3 Å². The molecule has 1 N–H and O–H groups in total. The summed E-state index contributed by atoms with van der Waals surface area (Å²) in [5, 5.41) is 4.19. The van der Waals surface area contributed by atoms with Gasteiger partial charge in [0, 0.05) is 5.69 Å². The molecule has 0 fully saturated rings. The van der Waals surface area contributed by atoms with Gasteiger partial charge >= 0.3 is 5.97 Å². The van der Waals surface area contributed by atoms with E-state index in [9.17, 15) is 4.79 Å². The van der Waals surface area contributed by atoms with Gasteiger partial charge in [0.2, 0.25) is 5.28 Å². The number of carbonyl (C=O) groups excluding carboxylic acids is 1. The van der Waals surface area contributed by atoms with Crippen LogP contribution < -0.4 is 5.32 Å². The Morgan fingerprint density at radius 2 is 2.12 bits per heavy atom. The van der Waals surface area contributed by atoms with E-state index in [1.807, 2.05) is 38.1 Å². The predicted molar refractivity (Wildman–Crippen MR) is 97.6 cm³/mol. The minimum absolute atomic E-state index is 0.134. The highest BCUT2D eigenvalue weighted by Crippen LogP contribution is 2.36. The van der Waals surface area contributed by atoms with E-state index in [0.29, 0.717) is 22.1 Å². The van der Waals surface area contributed by atoms with Gasteiger partial charge in [-0.1, -0.05) is 12.1 Å². The number of nitrogens with one attached hydrogen (secondary N) is 1. The second-order valence-electron chi connectivity index (χ2n) is 5.29. The molecule has 0 spiro atoms. The summed E-state index contributed by atoms with van der Waals surface area (Å²) >= 11 is 7.32. The summed E-state index contributed by atoms with van der Waals surface area (Å²) < 4.78 is 5.11. The summed E-state index contributed by atoms with van der Waals surface area (Å²) in [6.07, 6.45) is 0. The average Bonchev–Trinajstić information content (AvgIpc) is 2.84. The number of rotatable bonds is 4. The Kier molecular flexibility index (Phi) is 4.69. The minimum atomic E-state index is -0.351. The fourth-order valence-electron chi connectivity index (χ4n) is 2.45. The molecule has 5 nitrogen and oxygen atoms in total. The molecule has 0 radical (unpaired) electrons. The van der Waals surface area contributed by atoms with Gasteiger partial charge in [0.1, 0.15) is 15.5 Å². The molecule has 2 aromatic heterocycles. The van der Waals surface area contributed by atoms with Gasteiger partial charge in [-0.15, -0.1) is 11.3 Å². The van der Waals surface area contributed by atoms with Gasteiger partial charge in [0.15, 0.2) is 0 Å². The van der Waals surface area contributed by atoms with Crippen molar-refractivity contribution in [3.05, 3.63) is 45.6 Å². The van der Waals surface area contributed by atoms with Crippen LogP contribution in [0.15, 0.2) is 24.3 Å². The Morgan fingerprint density at radius 3 is 2.83 bits per heavy atom. The first-order chi connectivity index (χ1) is 11.5. The van der Waals surface area contributed by atoms with Crippen molar-refractivity contribution in [2.75, 3.05) is 11.9 Å². The molecular weight excluding hydrogens is 346 g/mol. The number of benzene rings is 1. The number of hydrogen-bond donors (Lipinski definition) is 1. The van der Waals surface area contributed by atoms with Crippen molar-refractivity contribution in [1.82, 2.24) is 9.97 Å². The molecule has 0 bridgehead atoms. The number of esters is 1. The number of carbonyl (C=O) groups is 1. The maximum absolute atomic E-state index is 12.1. The van der Waals surface area contributed by atoms with Crippen molar-refractivity contribution in [3.8, 4) is 0 Å². The van der Waals surface area contributed by atoms with Crippen molar-refractivity contribution in [2.24, 2.45) is 0 Å². The van der Waals surface area contributed by atoms with E-state index in [4.69, 9.17) is 16.3 Å². The average molecular weight is 362 g/mol. The number of aryl methyl sites for hydroxylation is 2. The zero-order valence-electron chi connectivity index (χ0n) is 13.5. The van der Waals surface area contributed by atoms with Crippen LogP contribution in [0.2, 0.25) is 5.28 Å². The summed E-state index contributed by atoms with van der Waals surface area (Å²) in [5.74, 6) is 0.232. The van der Waals surface area contributed by atoms with Crippen LogP contribution in [0.25, 0.3) is 10.2 Å². The molecule has 124 valence electrons. The van der Waals surface area contributed by atoms with Crippen molar-refractivity contribution < 1.29 is 9.53 Å². The summed E-state index contributed by atoms with van der Waals surface area (Å²) in [5.41, 5.74) is 2.82. The van der Waals surface area contributed by atoms with Gasteiger partial charge < -0.3 is 10.1 Å². The molecule has 0 aliphatic heterocycles. The Labute approximate surface area is 148 Å². The number of halogens is 1. The lowest BCUT2D eigenvalue weighted by Crippen LogP contribution is -2.03. The number of anilines is 2. The number of thiophene rings is 1. The van der Waals surface area contributed by atoms with Gasteiger partial charge in [-0.05, 0) is 55.6 Å². The number of aromatic nitrogens is 2. The normalized spacial score (nSPS) is 10.8. The molecule has 0 saturated heterocycles. The van der Waals surface area contributed by atoms with Crippen LogP contribution >= 0.6 is 22.9 Å². The first-order valence-electron chi connectivity index (χ1n) is 7.47. The van der Waals surface area contributed by atoms with Crippen LogP contribution in [-0.4, -0.2) is 22.5 Å². The second kappa shape index (κ2) is 6.75. The Hall–Kier alpha value is -2.18. The first-order valence-corrected chi connectivity index (χ1v) is 8.66. The summed E-state index contributed by atoms with van der Waals surface area (Å²) in [6, 6.07) is 7.93. The quantitative estimate of drug-likeness (QED) is 0.530. The van der Waals surface area contributed by atoms with Gasteiger partial charge in [0.25, 0.3) is 0 Å². The number of nitrogens with zero attached hydrogens (tertiary/aromatic N) is 2. The van der Waals surface area contributed by atoms with E-state index in [-0.39, 0.29) is 11.3 Å². The molecule has 0 unspecified atom stereocenters. The van der Waals surface area contributed by atoms with Gasteiger partial charge in [-0.2, -0.15) is 4.98 Å². The van der Waals surface area contributed by atoms with Crippen molar-refractivity contribution in [2.45, 2.75) is 20.8 Å². The van der Waals surface area contributed by atoms with E-state index in [1.54, 1.807) is 6.92 Å². The summed E-state index contributed by atoms with van der Waals surface area (Å²) in [7, 11) is 0. The zero-order valence-corrected chi connectivity index (χ0v) is 15.1. The first kappa shape index (κ1) is 16.7. The third kappa shape index (κ3) is 3.20. The standard InChI is InChI=1S/C17H16ClN3O2S/c1-4-23-16(22)13-10(3)12-14(20-17(18)21-15(12)24-13)19-11-7-5-6-9(2)8-11/h5-8H,4H2,1-3H3,(H,19,20,21). The van der Waals surface area contributed by atoms with Gasteiger partial charge in [-0.25, -0.2) is 9.78 Å². The molecule has 24 heavy (non-hydrogen) atoms. The number of ether oxygens (including phenoxy) is 1. The van der Waals surface area contributed by atoms with Crippen molar-refractivity contribution in [3.63, 3.8) is 0 Å². The lowest BCUT2D eigenvalue weighted by atomic mass is 10.2. The Balaban J connectivity index is 2.11. The fourth-order valence-corrected chi connectivity index (χ4v) is 3.75. The van der Waals surface area contributed by atoms with E-state index in [1.165, 1.54) is 11.3 Å². The van der Waals surface area contributed by atoms with Crippen LogP contribution in [0.1, 0.15) is 27.7 Å². The van der Waals surface area contributed by atoms with Gasteiger partial charge in [-0.3, -0.25) is 0 Å². The summed E-state index contributed by atoms with van der Waals surface area (Å²) in [6.45, 7) is 5.99. The monoisotopic (exact) mass is 361 g/mol. The van der Waals surface area contributed by atoms with Crippen LogP contribution in [0.4, 0.5) is 11.5 Å². The van der Waals surface area contributed by atoms with Crippen LogP contribution in [0, 0.1) is 13.8 Å². The van der Waals surface area contributed by atoms with Crippen LogP contribution in [0.3, 0.4) is 0 Å². The van der Waals surface area contributed by atoms with Gasteiger partial charge in [0.05, 0.1) is 12.0 Å². The lowest BCUT2D eigenvalue weighted by molar-refractivity contribution is 0.0531. The molecule has 1 aromatic carbocycles. The number of fused-ring (bicyclic) bond motifs is 1. The molecule has 0 atom stereocenters. The molecule has 7 heteroatoms. The lowest BCUT2D eigenvalue weighted by Gasteiger charge is -2.08. The van der Waals surface area contributed by atoms with E-state index in [0.717, 1.165) is 22.2 Å². The highest BCUT2D eigenvalue weighted by molar-refractivity contribution is 7.20. The molecule has 3 aromatic rings. The van der Waals surface area contributed by atoms with E-state index < -0.39 is 0 Å². The molecule has 0 aliphatic carbocycles. The summed E-state index contributed by atoms with van der Waals surface area (Å²) in [4.78, 5) is 21.9. The maximum atomic E-state index is 12.1. The highest BCUT2D eigenvalue weighted by Gasteiger charge is 2.21. The largest absolute Gasteiger partial charge is 0.462 e. The topological polar surface area (TPSA) is 64.1 Å². The fraction of sp³-hybridized carbons (Fsp3) is 0.235. The van der Waals surface area contributed by atoms with E-state index >= 15 is 0 Å². The minimum Gasteiger partial charge on any atom is -0.462 e. The van der Waals surface area contributed by atoms with Crippen molar-refractivity contribution >= 4 is 50.6 Å². The molecule has 0 aliphatic rings. The maximum Gasteiger partial charge on any atom is 0.348 e. The van der Waals surface area contributed by atoms with Crippen molar-refractivity contribution in [1.29, 1.82) is 0 Å². The smallest absolute Gasteiger partial charge is 0.348 e. The van der Waals surface area contributed by atoms with Crippen LogP contribution in [0.5, 0.6) is 0 Å². The molecule has 0 saturated carbocycles. The third-order valence-corrected chi connectivity index (χ3v) is 4.84. The molecule has 0 amide bonds. The molecule has 3 rings (SSSR count). The molecular formula is C17H16ClN3O2S. The zero-order chi connectivity index (χ0) is 17.3. The second-order valence-corrected chi connectivity index (χ2v) is 6.63. The Morgan fingerprint density at radius 1 is 1.33 bits per heavy atom. The Bertz CT molecular complexity index is 924. The van der Waals surface area contributed by atoms with Crippen LogP contribution in [-0.2, 0) is 4.74 Å². The predicted octanol–water partition coefficient (Wildman–Crippen LogP) is 4.88. The SMILES string of the molecule is CCOC(=O)c1sc2nc(Cl)nc(Nc3cccc(C)c3)c2c1C. The third-order valence-electron chi connectivity index (χ3n) is 3.50. The molecule has 2 heterocycles. The number of hydrogen-bond acceptors (Lipinski definition) is 6. The highest BCUT2D eigenvalue weighted by atomic mass is 35.5.